The molecule has 0 N–H and O–H groups in total. The van der Waals surface area contributed by atoms with Crippen molar-refractivity contribution in [3.63, 3.8) is 0 Å². The average Bonchev–Trinajstić information content (AvgIpc) is 3.05. The molecule has 5 heteroatoms. The monoisotopic (exact) mass is 402 g/mol. The van der Waals surface area contributed by atoms with Crippen LogP contribution in [0, 0.1) is 0 Å². The number of fused-ring (bicyclic) bond motifs is 4. The Hall–Kier alpha value is -3.05. The third kappa shape index (κ3) is 3.61. The van der Waals surface area contributed by atoms with E-state index >= 15 is 0 Å². The van der Waals surface area contributed by atoms with Crippen molar-refractivity contribution in [3.8, 4) is 5.75 Å². The summed E-state index contributed by atoms with van der Waals surface area (Å²) in [6, 6.07) is 17.6. The molecule has 0 atom stereocenters. The van der Waals surface area contributed by atoms with Gasteiger partial charge in [0.05, 0.1) is 6.61 Å². The maximum absolute atomic E-state index is 11.4. The van der Waals surface area contributed by atoms with Crippen molar-refractivity contribution in [1.82, 2.24) is 9.47 Å². The van der Waals surface area contributed by atoms with Crippen LogP contribution in [0.3, 0.4) is 0 Å². The largest absolute Gasteiger partial charge is 0.493 e. The van der Waals surface area contributed by atoms with E-state index in [0.29, 0.717) is 12.2 Å². The number of unbranched alkanes of at least 4 members (excludes halogenated alkanes) is 1. The molecule has 4 aromatic rings. The minimum atomic E-state index is -0.337. The summed E-state index contributed by atoms with van der Waals surface area (Å²) >= 11 is 0. The lowest BCUT2D eigenvalue weighted by Gasteiger charge is -2.27. The Morgan fingerprint density at radius 3 is 2.87 bits per heavy atom. The number of benzene rings is 2. The van der Waals surface area contributed by atoms with Crippen LogP contribution in [0.4, 0.5) is 0 Å². The van der Waals surface area contributed by atoms with E-state index in [2.05, 4.69) is 40.8 Å². The van der Waals surface area contributed by atoms with Gasteiger partial charge in [0.25, 0.3) is 0 Å². The molecule has 1 aliphatic rings. The van der Waals surface area contributed by atoms with Crippen LogP contribution >= 0.6 is 0 Å². The fraction of sp³-hybridized carbons (Fsp3) is 0.320. The molecule has 0 saturated heterocycles. The van der Waals surface area contributed by atoms with Crippen molar-refractivity contribution in [2.45, 2.75) is 25.8 Å². The summed E-state index contributed by atoms with van der Waals surface area (Å²) in [5.74, 6) is 0.746. The van der Waals surface area contributed by atoms with Crippen LogP contribution in [0.5, 0.6) is 5.75 Å². The van der Waals surface area contributed by atoms with Gasteiger partial charge in [-0.1, -0.05) is 18.2 Å². The number of rotatable bonds is 6. The van der Waals surface area contributed by atoms with Crippen molar-refractivity contribution in [1.29, 1.82) is 0 Å². The third-order valence-corrected chi connectivity index (χ3v) is 6.12. The van der Waals surface area contributed by atoms with E-state index in [1.807, 2.05) is 12.1 Å². The van der Waals surface area contributed by atoms with Gasteiger partial charge in [-0.3, -0.25) is 4.90 Å². The van der Waals surface area contributed by atoms with E-state index in [9.17, 15) is 4.79 Å². The molecule has 0 unspecified atom stereocenters. The molecular weight excluding hydrogens is 376 g/mol. The molecule has 0 aliphatic carbocycles. The maximum atomic E-state index is 11.4. The predicted molar refractivity (Wildman–Crippen MR) is 119 cm³/mol. The molecule has 0 bridgehead atoms. The van der Waals surface area contributed by atoms with Crippen molar-refractivity contribution in [2.24, 2.45) is 7.05 Å². The zero-order chi connectivity index (χ0) is 20.5. The van der Waals surface area contributed by atoms with Crippen LogP contribution in [-0.2, 0) is 20.0 Å². The Kier molecular flexibility index (Phi) is 5.05. The smallest absolute Gasteiger partial charge is 0.336 e. The molecule has 0 saturated carbocycles. The van der Waals surface area contributed by atoms with Crippen LogP contribution in [0.15, 0.2) is 63.8 Å². The van der Waals surface area contributed by atoms with Crippen molar-refractivity contribution in [2.75, 3.05) is 19.7 Å². The summed E-state index contributed by atoms with van der Waals surface area (Å²) in [7, 11) is 2.19. The molecule has 154 valence electrons. The molecule has 5 nitrogen and oxygen atoms in total. The second-order valence-corrected chi connectivity index (χ2v) is 8.04. The minimum Gasteiger partial charge on any atom is -0.493 e. The van der Waals surface area contributed by atoms with Crippen LogP contribution in [-0.4, -0.2) is 29.2 Å². The molecule has 1 aliphatic heterocycles. The number of hydrogen-bond acceptors (Lipinski definition) is 4. The zero-order valence-corrected chi connectivity index (χ0v) is 17.3. The fourth-order valence-electron chi connectivity index (χ4n) is 4.54. The first-order valence-electron chi connectivity index (χ1n) is 10.6. The van der Waals surface area contributed by atoms with Gasteiger partial charge >= 0.3 is 5.63 Å². The Morgan fingerprint density at radius 2 is 1.93 bits per heavy atom. The summed E-state index contributed by atoms with van der Waals surface area (Å²) in [6.45, 7) is 3.89. The summed E-state index contributed by atoms with van der Waals surface area (Å²) < 4.78 is 13.5. The summed E-state index contributed by atoms with van der Waals surface area (Å²) in [5, 5.41) is 2.30. The van der Waals surface area contributed by atoms with E-state index in [0.717, 1.165) is 50.0 Å². The summed E-state index contributed by atoms with van der Waals surface area (Å²) in [4.78, 5) is 13.9. The van der Waals surface area contributed by atoms with Crippen LogP contribution in [0.2, 0.25) is 0 Å². The van der Waals surface area contributed by atoms with Gasteiger partial charge in [-0.2, -0.15) is 0 Å². The number of aryl methyl sites for hydroxylation is 1. The van der Waals surface area contributed by atoms with E-state index in [1.54, 1.807) is 12.1 Å². The molecule has 0 spiro atoms. The highest BCUT2D eigenvalue weighted by molar-refractivity contribution is 5.85. The first-order chi connectivity index (χ1) is 14.7. The van der Waals surface area contributed by atoms with Gasteiger partial charge < -0.3 is 13.7 Å². The topological polar surface area (TPSA) is 47.6 Å². The van der Waals surface area contributed by atoms with Crippen molar-refractivity contribution >= 4 is 21.9 Å². The van der Waals surface area contributed by atoms with Crippen LogP contribution in [0.25, 0.3) is 21.9 Å². The molecule has 2 aromatic heterocycles. The molecule has 0 fully saturated rings. The highest BCUT2D eigenvalue weighted by atomic mass is 16.5. The van der Waals surface area contributed by atoms with Crippen LogP contribution < -0.4 is 10.4 Å². The normalized spacial score (nSPS) is 14.3. The van der Waals surface area contributed by atoms with E-state index < -0.39 is 0 Å². The third-order valence-electron chi connectivity index (χ3n) is 6.12. The Balaban J connectivity index is 1.14. The van der Waals surface area contributed by atoms with Gasteiger partial charge in [-0.25, -0.2) is 4.79 Å². The number of hydrogen-bond donors (Lipinski definition) is 0. The standard InChI is InChI=1S/C25H26N2O3/c1-26-22-7-3-2-6-20(22)21-17-27(14-12-23(21)26)13-4-5-15-29-19-10-8-18-9-11-25(28)30-24(18)16-19/h2-3,6-11,16H,4-5,12-15,17H2,1H3. The number of nitrogens with zero attached hydrogens (tertiary/aromatic N) is 2. The molecule has 30 heavy (non-hydrogen) atoms. The molecule has 3 heterocycles. The van der Waals surface area contributed by atoms with Crippen LogP contribution in [0.1, 0.15) is 24.1 Å². The SMILES string of the molecule is Cn1c2c(c3ccccc31)CN(CCCCOc1ccc3ccc(=O)oc3c1)CC2. The lowest BCUT2D eigenvalue weighted by molar-refractivity contribution is 0.234. The van der Waals surface area contributed by atoms with Gasteiger partial charge in [-0.05, 0) is 49.2 Å². The molecule has 0 amide bonds. The highest BCUT2D eigenvalue weighted by Gasteiger charge is 2.22. The minimum absolute atomic E-state index is 0.337. The van der Waals surface area contributed by atoms with Crippen molar-refractivity contribution < 1.29 is 9.15 Å². The lowest BCUT2D eigenvalue weighted by Crippen LogP contribution is -2.31. The van der Waals surface area contributed by atoms with E-state index in [-0.39, 0.29) is 5.63 Å². The molecule has 5 rings (SSSR count). The zero-order valence-electron chi connectivity index (χ0n) is 17.3. The first-order valence-corrected chi connectivity index (χ1v) is 10.6. The van der Waals surface area contributed by atoms with E-state index in [4.69, 9.17) is 9.15 Å². The Morgan fingerprint density at radius 1 is 1.07 bits per heavy atom. The second-order valence-electron chi connectivity index (χ2n) is 8.04. The fourth-order valence-corrected chi connectivity index (χ4v) is 4.54. The van der Waals surface area contributed by atoms with Gasteiger partial charge in [0, 0.05) is 60.7 Å². The first kappa shape index (κ1) is 18.9. The van der Waals surface area contributed by atoms with Gasteiger partial charge in [0.1, 0.15) is 11.3 Å². The highest BCUT2D eigenvalue weighted by Crippen LogP contribution is 2.30. The number of ether oxygens (including phenoxy) is 1. The van der Waals surface area contributed by atoms with E-state index in [1.165, 1.54) is 28.2 Å². The molecule has 0 radical (unpaired) electrons. The number of aromatic nitrogens is 1. The maximum Gasteiger partial charge on any atom is 0.336 e. The second kappa shape index (κ2) is 8.00. The average molecular weight is 402 g/mol. The Labute approximate surface area is 175 Å². The molecule has 2 aromatic carbocycles. The van der Waals surface area contributed by atoms with Gasteiger partial charge in [-0.15, -0.1) is 0 Å². The van der Waals surface area contributed by atoms with Gasteiger partial charge in [0.2, 0.25) is 0 Å². The Bertz CT molecular complexity index is 1250. The summed E-state index contributed by atoms with van der Waals surface area (Å²) in [5.41, 5.74) is 4.55. The predicted octanol–water partition coefficient (Wildman–Crippen LogP) is 4.50. The quantitative estimate of drug-likeness (QED) is 0.352. The number of para-hydroxylation sites is 1. The lowest BCUT2D eigenvalue weighted by atomic mass is 10.0. The summed E-state index contributed by atoms with van der Waals surface area (Å²) in [6.07, 6.45) is 3.21. The molecular formula is C25H26N2O3. The van der Waals surface area contributed by atoms with Crippen molar-refractivity contribution in [3.05, 3.63) is 76.3 Å². The van der Waals surface area contributed by atoms with Gasteiger partial charge in [0.15, 0.2) is 0 Å².